The largest absolute Gasteiger partial charge is 0.393 e. The zero-order valence-corrected chi connectivity index (χ0v) is 10.5. The molecular formula is C10H13N3O4S. The van der Waals surface area contributed by atoms with Crippen molar-refractivity contribution in [2.45, 2.75) is 30.2 Å². The third-order valence-corrected chi connectivity index (χ3v) is 4.52. The number of nitrogen functional groups attached to an aromatic ring is 1. The predicted octanol–water partition coefficient (Wildman–Crippen LogP) is 1.01. The fraction of sp³-hybridized carbons (Fsp3) is 0.400. The number of nitrogens with zero attached hydrogens (tertiary/aromatic N) is 1. The molecule has 0 aromatic heterocycles. The van der Waals surface area contributed by atoms with E-state index in [1.807, 2.05) is 0 Å². The van der Waals surface area contributed by atoms with Crippen LogP contribution in [0.4, 0.5) is 11.4 Å². The number of nitro groups is 1. The predicted molar refractivity (Wildman–Crippen MR) is 65.5 cm³/mol. The molecule has 8 heteroatoms. The number of hydrogen-bond acceptors (Lipinski definition) is 5. The van der Waals surface area contributed by atoms with Crippen molar-refractivity contribution in [1.29, 1.82) is 0 Å². The van der Waals surface area contributed by atoms with Crippen molar-refractivity contribution >= 4 is 21.4 Å². The van der Waals surface area contributed by atoms with Gasteiger partial charge in [0.1, 0.15) is 5.69 Å². The summed E-state index contributed by atoms with van der Waals surface area (Å²) in [6, 6.07) is 3.38. The third-order valence-electron chi connectivity index (χ3n) is 2.89. The van der Waals surface area contributed by atoms with Crippen molar-refractivity contribution in [2.75, 3.05) is 5.73 Å². The van der Waals surface area contributed by atoms with Crippen LogP contribution in [0, 0.1) is 10.1 Å². The minimum atomic E-state index is -3.67. The highest BCUT2D eigenvalue weighted by Gasteiger charge is 2.41. The lowest BCUT2D eigenvalue weighted by molar-refractivity contribution is -0.383. The zero-order chi connectivity index (χ0) is 13.6. The molecule has 7 nitrogen and oxygen atoms in total. The van der Waals surface area contributed by atoms with Crippen LogP contribution in [-0.2, 0) is 10.0 Å². The highest BCUT2D eigenvalue weighted by molar-refractivity contribution is 7.89. The third kappa shape index (κ3) is 2.44. The summed E-state index contributed by atoms with van der Waals surface area (Å²) >= 11 is 0. The second-order valence-electron chi connectivity index (χ2n) is 4.64. The van der Waals surface area contributed by atoms with E-state index in [-0.39, 0.29) is 16.3 Å². The molecular weight excluding hydrogens is 258 g/mol. The first kappa shape index (κ1) is 12.8. The van der Waals surface area contributed by atoms with Crippen LogP contribution < -0.4 is 10.5 Å². The second-order valence-corrected chi connectivity index (χ2v) is 6.33. The van der Waals surface area contributed by atoms with E-state index in [1.165, 1.54) is 6.07 Å². The summed E-state index contributed by atoms with van der Waals surface area (Å²) in [6.45, 7) is 1.80. The first-order chi connectivity index (χ1) is 8.23. The van der Waals surface area contributed by atoms with Crippen LogP contribution >= 0.6 is 0 Å². The Hall–Kier alpha value is -1.67. The lowest BCUT2D eigenvalue weighted by atomic mass is 10.3. The van der Waals surface area contributed by atoms with Gasteiger partial charge in [0, 0.05) is 11.6 Å². The molecule has 0 saturated heterocycles. The highest BCUT2D eigenvalue weighted by Crippen LogP contribution is 2.36. The van der Waals surface area contributed by atoms with Crippen molar-refractivity contribution < 1.29 is 13.3 Å². The van der Waals surface area contributed by atoms with E-state index in [2.05, 4.69) is 4.72 Å². The molecule has 1 saturated carbocycles. The molecule has 2 rings (SSSR count). The lowest BCUT2D eigenvalue weighted by Crippen LogP contribution is -2.34. The van der Waals surface area contributed by atoms with Gasteiger partial charge < -0.3 is 5.73 Å². The summed E-state index contributed by atoms with van der Waals surface area (Å²) in [6.07, 6.45) is 1.57. The molecule has 0 amide bonds. The Morgan fingerprint density at radius 2 is 2.06 bits per heavy atom. The van der Waals surface area contributed by atoms with E-state index in [1.54, 1.807) is 6.92 Å². The molecule has 1 aromatic rings. The topological polar surface area (TPSA) is 115 Å². The van der Waals surface area contributed by atoms with Gasteiger partial charge in [-0.15, -0.1) is 0 Å². The van der Waals surface area contributed by atoms with Crippen molar-refractivity contribution in [2.24, 2.45) is 0 Å². The summed E-state index contributed by atoms with van der Waals surface area (Å²) in [7, 11) is -3.67. The molecule has 0 aliphatic heterocycles. The maximum atomic E-state index is 12.0. The number of nitro benzene ring substituents is 1. The van der Waals surface area contributed by atoms with E-state index in [9.17, 15) is 18.5 Å². The van der Waals surface area contributed by atoms with E-state index >= 15 is 0 Å². The molecule has 3 N–H and O–H groups in total. The van der Waals surface area contributed by atoms with Gasteiger partial charge in [-0.05, 0) is 31.9 Å². The van der Waals surface area contributed by atoms with Gasteiger partial charge in [0.15, 0.2) is 0 Å². The van der Waals surface area contributed by atoms with Gasteiger partial charge in [-0.3, -0.25) is 10.1 Å². The monoisotopic (exact) mass is 271 g/mol. The number of hydrogen-bond donors (Lipinski definition) is 2. The van der Waals surface area contributed by atoms with E-state index < -0.39 is 20.5 Å². The Morgan fingerprint density at radius 3 is 2.50 bits per heavy atom. The fourth-order valence-corrected chi connectivity index (χ4v) is 3.04. The molecule has 18 heavy (non-hydrogen) atoms. The van der Waals surface area contributed by atoms with Crippen molar-refractivity contribution in [3.63, 3.8) is 0 Å². The standard InChI is InChI=1S/C10H13N3O4S/c1-10(4-5-10)12-18(16,17)7-2-3-9(13(14)15)8(11)6-7/h2-3,6,12H,4-5,11H2,1H3. The summed E-state index contributed by atoms with van der Waals surface area (Å²) < 4.78 is 26.5. The molecule has 0 radical (unpaired) electrons. The van der Waals surface area contributed by atoms with Crippen LogP contribution in [0.1, 0.15) is 19.8 Å². The van der Waals surface area contributed by atoms with E-state index in [0.29, 0.717) is 0 Å². The van der Waals surface area contributed by atoms with Crippen LogP contribution in [0.3, 0.4) is 0 Å². The van der Waals surface area contributed by atoms with Gasteiger partial charge in [0.2, 0.25) is 10.0 Å². The Bertz CT molecular complexity index is 608. The average molecular weight is 271 g/mol. The minimum Gasteiger partial charge on any atom is -0.393 e. The molecule has 0 spiro atoms. The number of nitrogens with one attached hydrogen (secondary N) is 1. The lowest BCUT2D eigenvalue weighted by Gasteiger charge is -2.12. The van der Waals surface area contributed by atoms with Gasteiger partial charge in [0.05, 0.1) is 9.82 Å². The molecule has 1 aliphatic carbocycles. The maximum absolute atomic E-state index is 12.0. The molecule has 0 atom stereocenters. The second kappa shape index (κ2) is 3.92. The van der Waals surface area contributed by atoms with Crippen LogP contribution in [0.5, 0.6) is 0 Å². The number of sulfonamides is 1. The average Bonchev–Trinajstić information content (AvgIpc) is 2.94. The highest BCUT2D eigenvalue weighted by atomic mass is 32.2. The SMILES string of the molecule is CC1(NS(=O)(=O)c2ccc([N+](=O)[O-])c(N)c2)CC1. The zero-order valence-electron chi connectivity index (χ0n) is 9.71. The first-order valence-electron chi connectivity index (χ1n) is 5.31. The molecule has 0 unspecified atom stereocenters. The first-order valence-corrected chi connectivity index (χ1v) is 6.80. The van der Waals surface area contributed by atoms with E-state index in [0.717, 1.165) is 25.0 Å². The summed E-state index contributed by atoms with van der Waals surface area (Å²) in [4.78, 5) is 9.87. The van der Waals surface area contributed by atoms with Crippen LogP contribution in [0.25, 0.3) is 0 Å². The maximum Gasteiger partial charge on any atom is 0.292 e. The number of rotatable bonds is 4. The molecule has 1 fully saturated rings. The summed E-state index contributed by atoms with van der Waals surface area (Å²) in [5.74, 6) is 0. The Labute approximate surface area is 104 Å². The van der Waals surface area contributed by atoms with Crippen molar-refractivity contribution in [3.8, 4) is 0 Å². The van der Waals surface area contributed by atoms with Crippen molar-refractivity contribution in [3.05, 3.63) is 28.3 Å². The van der Waals surface area contributed by atoms with Gasteiger partial charge in [0.25, 0.3) is 5.69 Å². The van der Waals surface area contributed by atoms with Gasteiger partial charge in [-0.2, -0.15) is 0 Å². The molecule has 0 heterocycles. The van der Waals surface area contributed by atoms with Crippen LogP contribution in [0.15, 0.2) is 23.1 Å². The van der Waals surface area contributed by atoms with Crippen LogP contribution in [0.2, 0.25) is 0 Å². The number of anilines is 1. The molecule has 1 aromatic carbocycles. The van der Waals surface area contributed by atoms with E-state index in [4.69, 9.17) is 5.73 Å². The van der Waals surface area contributed by atoms with Crippen LogP contribution in [-0.4, -0.2) is 18.9 Å². The molecule has 98 valence electrons. The molecule has 0 bridgehead atoms. The Morgan fingerprint density at radius 1 is 1.44 bits per heavy atom. The summed E-state index contributed by atoms with van der Waals surface area (Å²) in [5.41, 5.74) is 4.61. The van der Waals surface area contributed by atoms with Crippen molar-refractivity contribution in [1.82, 2.24) is 4.72 Å². The number of benzene rings is 1. The quantitative estimate of drug-likeness (QED) is 0.481. The van der Waals surface area contributed by atoms with Gasteiger partial charge >= 0.3 is 0 Å². The summed E-state index contributed by atoms with van der Waals surface area (Å²) in [5, 5.41) is 10.6. The smallest absolute Gasteiger partial charge is 0.292 e. The Kier molecular flexibility index (Phi) is 2.78. The Balaban J connectivity index is 2.34. The normalized spacial score (nSPS) is 17.4. The number of nitrogens with two attached hydrogens (primary N) is 1. The fourth-order valence-electron chi connectivity index (χ4n) is 1.54. The van der Waals surface area contributed by atoms with Gasteiger partial charge in [-0.1, -0.05) is 0 Å². The van der Waals surface area contributed by atoms with Gasteiger partial charge in [-0.25, -0.2) is 13.1 Å². The minimum absolute atomic E-state index is 0.0567. The molecule has 1 aliphatic rings.